The molecular formula is C12H21N2O2S+. The number of allylic oxidation sites excluding steroid dienone is 1. The minimum absolute atomic E-state index is 0.0150. The van der Waals surface area contributed by atoms with Crippen molar-refractivity contribution < 1.29 is 12.3 Å². The molecular weight excluding hydrogens is 236 g/mol. The molecule has 0 saturated heterocycles. The van der Waals surface area contributed by atoms with Crippen molar-refractivity contribution in [3.63, 3.8) is 0 Å². The summed E-state index contributed by atoms with van der Waals surface area (Å²) in [5.41, 5.74) is 0.981. The smallest absolute Gasteiger partial charge is 0.257 e. The molecule has 1 fully saturated rings. The number of quaternary nitrogens is 1. The van der Waals surface area contributed by atoms with E-state index in [1.165, 1.54) is 25.5 Å². The Morgan fingerprint density at radius 1 is 1.29 bits per heavy atom. The largest absolute Gasteiger partial charge is 0.298 e. The molecule has 0 aromatic carbocycles. The van der Waals surface area contributed by atoms with Crippen molar-refractivity contribution in [2.24, 2.45) is 10.9 Å². The Morgan fingerprint density at radius 3 is 2.53 bits per heavy atom. The van der Waals surface area contributed by atoms with Crippen molar-refractivity contribution in [2.75, 3.05) is 19.8 Å². The summed E-state index contributed by atoms with van der Waals surface area (Å²) in [6, 6.07) is 0. The van der Waals surface area contributed by atoms with Gasteiger partial charge in [0.05, 0.1) is 25.7 Å². The van der Waals surface area contributed by atoms with Gasteiger partial charge in [0.25, 0.3) is 10.0 Å². The maximum Gasteiger partial charge on any atom is 0.298 e. The third-order valence-electron chi connectivity index (χ3n) is 4.04. The first-order valence-corrected chi connectivity index (χ1v) is 8.08. The van der Waals surface area contributed by atoms with Crippen LogP contribution < -0.4 is 0 Å². The number of hydrogen-bond donors (Lipinski definition) is 0. The molecule has 4 nitrogen and oxygen atoms in total. The predicted octanol–water partition coefficient (Wildman–Crippen LogP) is 1.90. The first-order chi connectivity index (χ1) is 7.95. The number of sulfonamides is 1. The molecule has 1 saturated carbocycles. The minimum Gasteiger partial charge on any atom is -0.257 e. The van der Waals surface area contributed by atoms with Gasteiger partial charge in [-0.1, -0.05) is 19.3 Å². The summed E-state index contributed by atoms with van der Waals surface area (Å²) in [5.74, 6) is 0.390. The molecule has 1 aliphatic carbocycles. The van der Waals surface area contributed by atoms with Gasteiger partial charge in [-0.2, -0.15) is 12.3 Å². The number of rotatable bonds is 2. The summed E-state index contributed by atoms with van der Waals surface area (Å²) >= 11 is 0. The Labute approximate surface area is 104 Å². The van der Waals surface area contributed by atoms with Crippen LogP contribution in [0, 0.1) is 5.92 Å². The topological polar surface area (TPSA) is 46.5 Å². The monoisotopic (exact) mass is 257 g/mol. The van der Waals surface area contributed by atoms with E-state index in [-0.39, 0.29) is 3.89 Å². The lowest BCUT2D eigenvalue weighted by Gasteiger charge is -2.37. The summed E-state index contributed by atoms with van der Waals surface area (Å²) in [6.45, 7) is 0.459. The second-order valence-electron chi connectivity index (χ2n) is 5.24. The van der Waals surface area contributed by atoms with Crippen LogP contribution in [-0.2, 0) is 10.0 Å². The number of hydrogen-bond acceptors (Lipinski definition) is 3. The summed E-state index contributed by atoms with van der Waals surface area (Å²) in [7, 11) is -1.35. The Balaban J connectivity index is 2.34. The second-order valence-corrected chi connectivity index (χ2v) is 7.51. The molecule has 96 valence electrons. The summed E-state index contributed by atoms with van der Waals surface area (Å²) < 4.78 is 24.1. The van der Waals surface area contributed by atoms with Crippen LogP contribution >= 0.6 is 0 Å². The zero-order valence-corrected chi connectivity index (χ0v) is 11.4. The Morgan fingerprint density at radius 2 is 1.94 bits per heavy atom. The second kappa shape index (κ2) is 4.53. The molecule has 0 amide bonds. The quantitative estimate of drug-likeness (QED) is 0.709. The SMILES string of the molecule is C[N+]1(S(C)(=O)=O)CC=NC=C1C1CCCCC1. The molecule has 17 heavy (non-hydrogen) atoms. The van der Waals surface area contributed by atoms with Crippen LogP contribution in [0.2, 0.25) is 0 Å². The zero-order chi connectivity index (χ0) is 12.5. The van der Waals surface area contributed by atoms with Crippen molar-refractivity contribution >= 4 is 16.2 Å². The average molecular weight is 257 g/mol. The van der Waals surface area contributed by atoms with E-state index in [4.69, 9.17) is 0 Å². The van der Waals surface area contributed by atoms with Gasteiger partial charge in [0.1, 0.15) is 12.2 Å². The minimum atomic E-state index is -3.15. The van der Waals surface area contributed by atoms with E-state index in [0.717, 1.165) is 18.5 Å². The fourth-order valence-corrected chi connectivity index (χ4v) is 3.69. The maximum absolute atomic E-state index is 12.0. The number of nitrogens with zero attached hydrogens (tertiary/aromatic N) is 2. The molecule has 1 unspecified atom stereocenters. The van der Waals surface area contributed by atoms with Gasteiger partial charge < -0.3 is 0 Å². The number of aliphatic imine (C=N–C) groups is 1. The fourth-order valence-electron chi connectivity index (χ4n) is 2.78. The lowest BCUT2D eigenvalue weighted by molar-refractivity contribution is -0.737. The van der Waals surface area contributed by atoms with Crippen LogP contribution in [0.3, 0.4) is 0 Å². The van der Waals surface area contributed by atoms with Gasteiger partial charge in [-0.05, 0) is 12.8 Å². The van der Waals surface area contributed by atoms with E-state index >= 15 is 0 Å². The molecule has 0 bridgehead atoms. The normalized spacial score (nSPS) is 31.3. The van der Waals surface area contributed by atoms with Gasteiger partial charge in [-0.3, -0.25) is 4.99 Å². The van der Waals surface area contributed by atoms with Crippen LogP contribution in [-0.4, -0.2) is 38.4 Å². The van der Waals surface area contributed by atoms with Crippen LogP contribution in [0.15, 0.2) is 16.9 Å². The van der Waals surface area contributed by atoms with E-state index < -0.39 is 10.0 Å². The molecule has 5 heteroatoms. The first-order valence-electron chi connectivity index (χ1n) is 6.23. The molecule has 0 aromatic heterocycles. The summed E-state index contributed by atoms with van der Waals surface area (Å²) in [4.78, 5) is 4.18. The third kappa shape index (κ3) is 2.31. The highest BCUT2D eigenvalue weighted by atomic mass is 32.2. The maximum atomic E-state index is 12.0. The van der Waals surface area contributed by atoms with E-state index in [1.807, 2.05) is 0 Å². The lowest BCUT2D eigenvalue weighted by Crippen LogP contribution is -2.51. The van der Waals surface area contributed by atoms with Gasteiger partial charge in [-0.25, -0.2) is 0 Å². The van der Waals surface area contributed by atoms with Crippen LogP contribution in [0.4, 0.5) is 0 Å². The van der Waals surface area contributed by atoms with Crippen molar-refractivity contribution in [3.8, 4) is 0 Å². The Bertz CT molecular complexity index is 447. The Kier molecular flexibility index (Phi) is 3.41. The van der Waals surface area contributed by atoms with Gasteiger partial charge in [-0.15, -0.1) is 0 Å². The highest BCUT2D eigenvalue weighted by molar-refractivity contribution is 7.85. The molecule has 2 aliphatic rings. The predicted molar refractivity (Wildman–Crippen MR) is 69.0 cm³/mol. The van der Waals surface area contributed by atoms with Gasteiger partial charge in [0.2, 0.25) is 0 Å². The van der Waals surface area contributed by atoms with Gasteiger partial charge in [0.15, 0.2) is 0 Å². The van der Waals surface area contributed by atoms with E-state index in [9.17, 15) is 8.42 Å². The van der Waals surface area contributed by atoms with Crippen molar-refractivity contribution in [1.29, 1.82) is 0 Å². The molecule has 0 aromatic rings. The van der Waals surface area contributed by atoms with Crippen molar-refractivity contribution in [2.45, 2.75) is 32.1 Å². The molecule has 1 aliphatic heterocycles. The van der Waals surface area contributed by atoms with Crippen molar-refractivity contribution in [1.82, 2.24) is 0 Å². The molecule has 0 radical (unpaired) electrons. The molecule has 1 heterocycles. The van der Waals surface area contributed by atoms with Crippen molar-refractivity contribution in [3.05, 3.63) is 11.9 Å². The molecule has 2 rings (SSSR count). The van der Waals surface area contributed by atoms with Crippen LogP contribution in [0.1, 0.15) is 32.1 Å². The van der Waals surface area contributed by atoms with Crippen LogP contribution in [0.5, 0.6) is 0 Å². The van der Waals surface area contributed by atoms with E-state index in [1.54, 1.807) is 19.5 Å². The third-order valence-corrected chi connectivity index (χ3v) is 5.87. The molecule has 0 N–H and O–H groups in total. The first kappa shape index (κ1) is 12.8. The summed E-state index contributed by atoms with van der Waals surface area (Å²) in [5, 5.41) is 0. The Hall–Kier alpha value is -0.680. The fraction of sp³-hybridized carbons (Fsp3) is 0.750. The van der Waals surface area contributed by atoms with Gasteiger partial charge in [0, 0.05) is 5.92 Å². The van der Waals surface area contributed by atoms with Crippen LogP contribution in [0.25, 0.3) is 0 Å². The molecule has 0 spiro atoms. The van der Waals surface area contributed by atoms with Gasteiger partial charge >= 0.3 is 0 Å². The standard InChI is InChI=1S/C12H21N2O2S/c1-14(17(2,15)16)9-8-13-10-12(14)11-6-4-3-5-7-11/h8,10-11H,3-7,9H2,1-2H3/q+1. The summed E-state index contributed by atoms with van der Waals surface area (Å²) in [6.07, 6.45) is 10.7. The molecule has 1 atom stereocenters. The highest BCUT2D eigenvalue weighted by Gasteiger charge is 2.42. The lowest BCUT2D eigenvalue weighted by atomic mass is 9.86. The average Bonchev–Trinajstić information content (AvgIpc) is 2.29. The highest BCUT2D eigenvalue weighted by Crippen LogP contribution is 2.36. The van der Waals surface area contributed by atoms with E-state index in [2.05, 4.69) is 4.99 Å². The zero-order valence-electron chi connectivity index (χ0n) is 10.6. The van der Waals surface area contributed by atoms with E-state index in [0.29, 0.717) is 12.5 Å².